The average molecular weight is 958 g/mol. The molecule has 15 nitrogen and oxygen atoms in total. The molecule has 1 spiro atoms. The number of rotatable bonds is 17. The molecule has 1 aromatic carbocycles. The number of fused-ring (bicyclic) bond motifs is 2. The van der Waals surface area contributed by atoms with E-state index in [1.165, 1.54) is 74.3 Å². The van der Waals surface area contributed by atoms with Gasteiger partial charge in [0.25, 0.3) is 0 Å². The molecule has 2 saturated heterocycles. The van der Waals surface area contributed by atoms with E-state index in [-0.39, 0.29) is 47.1 Å². The molecule has 3 aliphatic carbocycles. The lowest BCUT2D eigenvalue weighted by atomic mass is 9.82. The number of carbonyl (C=O) groups excluding carboxylic acids is 3. The van der Waals surface area contributed by atoms with Gasteiger partial charge in [0, 0.05) is 50.3 Å². The summed E-state index contributed by atoms with van der Waals surface area (Å²) in [5, 5.41) is 15.9. The van der Waals surface area contributed by atoms with Gasteiger partial charge in [-0.2, -0.15) is 0 Å². The zero-order valence-electron chi connectivity index (χ0n) is 42.4. The zero-order chi connectivity index (χ0) is 49.3. The Bertz CT molecular complexity index is 2610. The number of aliphatic hydroxyl groups excluding tert-OH is 1. The molecule has 1 saturated carbocycles. The maximum Gasteiger partial charge on any atom is 0.407 e. The van der Waals surface area contributed by atoms with Gasteiger partial charge in [0.05, 0.1) is 47.8 Å². The second kappa shape index (κ2) is 21.1. The minimum Gasteiger partial charge on any atom is -0.453 e. The van der Waals surface area contributed by atoms with Crippen LogP contribution in [0.4, 0.5) is 4.79 Å². The standard InChI is InChI=1S/C55H75N9O6/c1-32(2)47(61-53(67)69-6)51(65)63-24-12-16-37(63)27-46-58-42-21-19-36(26-43(42)59-46)41-30-56-49(40-29-55(28-39(40)41)22-10-11-23-55)38(35-14-8-9-15-35)20-18-34(5)44-31-57-50(60-44)45-17-13-25-64(45)52(66)48(33(3)4)62-54(68)70-7/h14,18-19,21,26,30-33,37-38,45,47-48,53,61,67H,8-13,15-17,20,22-25,27-29H2,1-7H3,(H,57,60)(H,58,59)(H,62,68). The molecule has 15 heteroatoms. The Morgan fingerprint density at radius 2 is 1.66 bits per heavy atom. The summed E-state index contributed by atoms with van der Waals surface area (Å²) in [5.74, 6) is 1.56. The lowest BCUT2D eigenvalue weighted by Gasteiger charge is -2.31. The van der Waals surface area contributed by atoms with Gasteiger partial charge in [-0.3, -0.25) is 19.9 Å². The van der Waals surface area contributed by atoms with Crippen LogP contribution in [0.5, 0.6) is 0 Å². The molecule has 0 radical (unpaired) electrons. The molecule has 6 atom stereocenters. The number of methoxy groups -OCH3 is 2. The Balaban J connectivity index is 0.962. The van der Waals surface area contributed by atoms with Crippen molar-refractivity contribution in [3.63, 3.8) is 0 Å². The molecule has 70 heavy (non-hydrogen) atoms. The van der Waals surface area contributed by atoms with Crippen molar-refractivity contribution in [1.82, 2.24) is 45.4 Å². The Labute approximate surface area is 413 Å². The van der Waals surface area contributed by atoms with E-state index < -0.39 is 24.6 Å². The predicted molar refractivity (Wildman–Crippen MR) is 270 cm³/mol. The number of hydrogen-bond donors (Lipinski definition) is 5. The Morgan fingerprint density at radius 3 is 2.39 bits per heavy atom. The van der Waals surface area contributed by atoms with Crippen LogP contribution in [0.25, 0.3) is 27.7 Å². The molecule has 4 aromatic rings. The predicted octanol–water partition coefficient (Wildman–Crippen LogP) is 8.81. The minimum atomic E-state index is -1.21. The van der Waals surface area contributed by atoms with Gasteiger partial charge in [-0.1, -0.05) is 64.3 Å². The number of carbonyl (C=O) groups is 3. The number of allylic oxidation sites excluding steroid dienone is 4. The number of aromatic amines is 2. The SMILES string of the molecule is COC(=O)NC(C(=O)N1CCCC1c1ncc(C(C)=CCC(C2=CCCC2)c2ncc(-c3ccc4nc(CC5CCCN5C(=O)C(NC(O)OC)C(C)C)[nH]c4c3)c3c2CC2(CCCC2)C3)[nH]1)C(C)C. The molecule has 5 aliphatic rings. The van der Waals surface area contributed by atoms with Crippen LogP contribution < -0.4 is 10.6 Å². The van der Waals surface area contributed by atoms with Crippen LogP contribution in [-0.4, -0.2) is 110 Å². The van der Waals surface area contributed by atoms with Crippen molar-refractivity contribution in [2.24, 2.45) is 17.3 Å². The maximum atomic E-state index is 13.8. The second-order valence-corrected chi connectivity index (χ2v) is 21.6. The lowest BCUT2D eigenvalue weighted by molar-refractivity contribution is -0.144. The van der Waals surface area contributed by atoms with Gasteiger partial charge in [-0.15, -0.1) is 0 Å². The number of ether oxygens (including phenoxy) is 2. The summed E-state index contributed by atoms with van der Waals surface area (Å²) in [7, 11) is 2.73. The van der Waals surface area contributed by atoms with Gasteiger partial charge in [0.2, 0.25) is 18.2 Å². The number of hydrogen-bond acceptors (Lipinski definition) is 10. The van der Waals surface area contributed by atoms with Crippen LogP contribution in [0, 0.1) is 17.3 Å². The highest BCUT2D eigenvalue weighted by Crippen LogP contribution is 2.53. The molecule has 3 aromatic heterocycles. The van der Waals surface area contributed by atoms with Gasteiger partial charge in [-0.25, -0.2) is 14.8 Å². The average Bonchev–Trinajstić information content (AvgIpc) is 4.21. The van der Waals surface area contributed by atoms with E-state index in [0.29, 0.717) is 19.5 Å². The fourth-order valence-electron chi connectivity index (χ4n) is 12.4. The topological polar surface area (TPSA) is 191 Å². The smallest absolute Gasteiger partial charge is 0.407 e. The van der Waals surface area contributed by atoms with Crippen LogP contribution in [-0.2, 0) is 38.3 Å². The van der Waals surface area contributed by atoms with Crippen LogP contribution in [0.1, 0.15) is 158 Å². The number of aromatic nitrogens is 5. The van der Waals surface area contributed by atoms with E-state index in [0.717, 1.165) is 97.3 Å². The number of imidazole rings is 2. The highest BCUT2D eigenvalue weighted by Gasteiger charge is 2.44. The molecular formula is C55H75N9O6. The van der Waals surface area contributed by atoms with Crippen molar-refractivity contribution in [3.8, 4) is 11.1 Å². The fraction of sp³-hybridized carbons (Fsp3) is 0.600. The number of nitrogens with one attached hydrogen (secondary N) is 4. The fourth-order valence-corrected chi connectivity index (χ4v) is 12.4. The van der Waals surface area contributed by atoms with E-state index in [4.69, 9.17) is 24.4 Å². The molecule has 6 unspecified atom stereocenters. The van der Waals surface area contributed by atoms with Gasteiger partial charge in [0.1, 0.15) is 17.7 Å². The first kappa shape index (κ1) is 49.6. The van der Waals surface area contributed by atoms with E-state index >= 15 is 0 Å². The zero-order valence-corrected chi connectivity index (χ0v) is 42.4. The largest absolute Gasteiger partial charge is 0.453 e. The van der Waals surface area contributed by atoms with Crippen molar-refractivity contribution in [3.05, 3.63) is 82.5 Å². The molecule has 2 aliphatic heterocycles. The second-order valence-electron chi connectivity index (χ2n) is 21.6. The van der Waals surface area contributed by atoms with E-state index in [1.807, 2.05) is 43.7 Å². The molecule has 3 fully saturated rings. The summed E-state index contributed by atoms with van der Waals surface area (Å²) >= 11 is 0. The molecular weight excluding hydrogens is 883 g/mol. The van der Waals surface area contributed by atoms with E-state index in [9.17, 15) is 19.5 Å². The first-order valence-electron chi connectivity index (χ1n) is 26.1. The quantitative estimate of drug-likeness (QED) is 0.0505. The van der Waals surface area contributed by atoms with Gasteiger partial charge >= 0.3 is 6.09 Å². The summed E-state index contributed by atoms with van der Waals surface area (Å²) in [5.41, 5.74) is 12.2. The molecule has 5 N–H and O–H groups in total. The van der Waals surface area contributed by atoms with E-state index in [2.05, 4.69) is 64.1 Å². The summed E-state index contributed by atoms with van der Waals surface area (Å²) in [6, 6.07) is 5.16. The Morgan fingerprint density at radius 1 is 0.914 bits per heavy atom. The van der Waals surface area contributed by atoms with Gasteiger partial charge < -0.3 is 39.7 Å². The number of benzene rings is 1. The summed E-state index contributed by atoms with van der Waals surface area (Å²) in [6.45, 7) is 11.3. The third-order valence-corrected chi connectivity index (χ3v) is 16.3. The minimum absolute atomic E-state index is 0.0124. The molecule has 5 heterocycles. The Kier molecular flexibility index (Phi) is 15.0. The van der Waals surface area contributed by atoms with Crippen LogP contribution in [0.3, 0.4) is 0 Å². The normalized spacial score (nSPS) is 21.8. The lowest BCUT2D eigenvalue weighted by Crippen LogP contribution is -2.54. The first-order valence-corrected chi connectivity index (χ1v) is 26.1. The first-order chi connectivity index (χ1) is 33.8. The van der Waals surface area contributed by atoms with Crippen LogP contribution in [0.2, 0.25) is 0 Å². The number of amides is 3. The summed E-state index contributed by atoms with van der Waals surface area (Å²) < 4.78 is 9.86. The molecule has 9 rings (SSSR count). The molecule has 3 amide bonds. The highest BCUT2D eigenvalue weighted by atomic mass is 16.6. The molecule has 376 valence electrons. The Hall–Kier alpha value is -5.38. The number of likely N-dealkylation sites (tertiary alicyclic amines) is 2. The number of nitrogens with zero attached hydrogens (tertiary/aromatic N) is 5. The number of pyridine rings is 1. The van der Waals surface area contributed by atoms with Crippen LogP contribution in [0.15, 0.2) is 48.3 Å². The number of H-pyrrole nitrogens is 2. The third-order valence-electron chi connectivity index (χ3n) is 16.3. The van der Waals surface area contributed by atoms with Crippen molar-refractivity contribution in [2.75, 3.05) is 27.3 Å². The molecule has 0 bridgehead atoms. The number of aliphatic hydroxyl groups is 1. The highest BCUT2D eigenvalue weighted by molar-refractivity contribution is 5.87. The van der Waals surface area contributed by atoms with Crippen LogP contribution >= 0.6 is 0 Å². The number of alkyl carbamates (subject to hydrolysis) is 1. The van der Waals surface area contributed by atoms with Gasteiger partial charge in [-0.05, 0) is 136 Å². The maximum absolute atomic E-state index is 13.8. The van der Waals surface area contributed by atoms with Crippen molar-refractivity contribution < 1.29 is 29.0 Å². The van der Waals surface area contributed by atoms with Gasteiger partial charge in [0.15, 0.2) is 0 Å². The summed E-state index contributed by atoms with van der Waals surface area (Å²) in [6.07, 6.45) is 22.6. The van der Waals surface area contributed by atoms with Crippen molar-refractivity contribution in [2.45, 2.75) is 167 Å². The third kappa shape index (κ3) is 10.2. The summed E-state index contributed by atoms with van der Waals surface area (Å²) in [4.78, 5) is 66.2. The van der Waals surface area contributed by atoms with Crippen molar-refractivity contribution >= 4 is 34.5 Å². The monoisotopic (exact) mass is 958 g/mol. The van der Waals surface area contributed by atoms with E-state index in [1.54, 1.807) is 0 Å². The van der Waals surface area contributed by atoms with Crippen molar-refractivity contribution in [1.29, 1.82) is 0 Å².